The van der Waals surface area contributed by atoms with Gasteiger partial charge < -0.3 is 10.2 Å². The van der Waals surface area contributed by atoms with E-state index in [4.69, 9.17) is 0 Å². The van der Waals surface area contributed by atoms with E-state index in [1.54, 1.807) is 31.1 Å². The van der Waals surface area contributed by atoms with Gasteiger partial charge in [0, 0.05) is 18.9 Å². The molecule has 5 heteroatoms. The average molecular weight is 261 g/mol. The first-order valence-electron chi connectivity index (χ1n) is 6.47. The van der Waals surface area contributed by atoms with E-state index in [1.807, 2.05) is 19.1 Å². The minimum absolute atomic E-state index is 0.0530. The molecule has 1 aliphatic heterocycles. The summed E-state index contributed by atoms with van der Waals surface area (Å²) in [6, 6.07) is 3.34. The molecule has 1 saturated heterocycles. The van der Waals surface area contributed by atoms with Crippen molar-refractivity contribution in [2.45, 2.75) is 45.3 Å². The summed E-state index contributed by atoms with van der Waals surface area (Å²) in [7, 11) is 0. The number of nitrogens with zero attached hydrogens (tertiary/aromatic N) is 2. The SMILES string of the molecule is CCC1C(=O)NC(C)(C)C(=O)N1Cc1cccnc1. The van der Waals surface area contributed by atoms with Gasteiger partial charge in [0.05, 0.1) is 0 Å². The maximum Gasteiger partial charge on any atom is 0.248 e. The summed E-state index contributed by atoms with van der Waals surface area (Å²) in [5.74, 6) is -0.140. The Morgan fingerprint density at radius 3 is 2.74 bits per heavy atom. The van der Waals surface area contributed by atoms with E-state index in [1.165, 1.54) is 0 Å². The fraction of sp³-hybridized carbons (Fsp3) is 0.500. The predicted octanol–water partition coefficient (Wildman–Crippen LogP) is 1.10. The smallest absolute Gasteiger partial charge is 0.248 e. The molecule has 1 atom stereocenters. The largest absolute Gasteiger partial charge is 0.340 e. The summed E-state index contributed by atoms with van der Waals surface area (Å²) in [6.07, 6.45) is 4.02. The zero-order valence-corrected chi connectivity index (χ0v) is 11.5. The molecule has 2 rings (SSSR count). The number of aromatic nitrogens is 1. The van der Waals surface area contributed by atoms with Crippen LogP contribution in [0.5, 0.6) is 0 Å². The summed E-state index contributed by atoms with van der Waals surface area (Å²) in [6.45, 7) is 5.79. The minimum Gasteiger partial charge on any atom is -0.340 e. The van der Waals surface area contributed by atoms with Gasteiger partial charge in [0.2, 0.25) is 11.8 Å². The Kier molecular flexibility index (Phi) is 3.55. The van der Waals surface area contributed by atoms with Crippen molar-refractivity contribution in [3.05, 3.63) is 30.1 Å². The van der Waals surface area contributed by atoms with Gasteiger partial charge in [-0.05, 0) is 31.9 Å². The molecule has 1 N–H and O–H groups in total. The third kappa shape index (κ3) is 2.59. The van der Waals surface area contributed by atoms with E-state index >= 15 is 0 Å². The van der Waals surface area contributed by atoms with Gasteiger partial charge in [-0.2, -0.15) is 0 Å². The first-order chi connectivity index (χ1) is 8.95. The van der Waals surface area contributed by atoms with Crippen molar-refractivity contribution < 1.29 is 9.59 Å². The molecular weight excluding hydrogens is 242 g/mol. The van der Waals surface area contributed by atoms with Gasteiger partial charge in [-0.15, -0.1) is 0 Å². The van der Waals surface area contributed by atoms with E-state index in [9.17, 15) is 9.59 Å². The molecular formula is C14H19N3O2. The molecule has 19 heavy (non-hydrogen) atoms. The lowest BCUT2D eigenvalue weighted by Crippen LogP contribution is -2.67. The number of carbonyl (C=O) groups is 2. The fourth-order valence-electron chi connectivity index (χ4n) is 2.36. The third-order valence-electron chi connectivity index (χ3n) is 3.37. The Balaban J connectivity index is 2.28. The van der Waals surface area contributed by atoms with Crippen molar-refractivity contribution in [1.82, 2.24) is 15.2 Å². The van der Waals surface area contributed by atoms with Crippen molar-refractivity contribution in [3.63, 3.8) is 0 Å². The molecule has 0 radical (unpaired) electrons. The summed E-state index contributed by atoms with van der Waals surface area (Å²) < 4.78 is 0. The number of pyridine rings is 1. The van der Waals surface area contributed by atoms with Crippen LogP contribution < -0.4 is 5.32 Å². The molecule has 2 heterocycles. The number of amides is 2. The lowest BCUT2D eigenvalue weighted by molar-refractivity contribution is -0.154. The zero-order chi connectivity index (χ0) is 14.0. The standard InChI is InChI=1S/C14H19N3O2/c1-4-11-12(18)16-14(2,3)13(19)17(11)9-10-6-5-7-15-8-10/h5-8,11H,4,9H2,1-3H3,(H,16,18). The Morgan fingerprint density at radius 2 is 2.16 bits per heavy atom. The topological polar surface area (TPSA) is 62.3 Å². The fourth-order valence-corrected chi connectivity index (χ4v) is 2.36. The third-order valence-corrected chi connectivity index (χ3v) is 3.37. The van der Waals surface area contributed by atoms with Gasteiger partial charge in [0.1, 0.15) is 11.6 Å². The quantitative estimate of drug-likeness (QED) is 0.886. The van der Waals surface area contributed by atoms with Crippen LogP contribution in [0.2, 0.25) is 0 Å². The van der Waals surface area contributed by atoms with Crippen molar-refractivity contribution in [2.75, 3.05) is 0 Å². The van der Waals surface area contributed by atoms with Crippen LogP contribution in [0.15, 0.2) is 24.5 Å². The molecule has 102 valence electrons. The molecule has 0 bridgehead atoms. The van der Waals surface area contributed by atoms with Gasteiger partial charge in [-0.3, -0.25) is 14.6 Å². The highest BCUT2D eigenvalue weighted by atomic mass is 16.2. The monoisotopic (exact) mass is 261 g/mol. The molecule has 1 aromatic heterocycles. The van der Waals surface area contributed by atoms with Crippen molar-refractivity contribution >= 4 is 11.8 Å². The number of hydrogen-bond acceptors (Lipinski definition) is 3. The lowest BCUT2D eigenvalue weighted by Gasteiger charge is -2.42. The maximum atomic E-state index is 12.5. The normalized spacial score (nSPS) is 22.3. The van der Waals surface area contributed by atoms with Gasteiger partial charge in [-0.25, -0.2) is 0 Å². The Labute approximate surface area is 113 Å². The van der Waals surface area contributed by atoms with Crippen LogP contribution >= 0.6 is 0 Å². The van der Waals surface area contributed by atoms with Crippen LogP contribution in [0, 0.1) is 0 Å². The van der Waals surface area contributed by atoms with Crippen molar-refractivity contribution in [1.29, 1.82) is 0 Å². The zero-order valence-electron chi connectivity index (χ0n) is 11.5. The van der Waals surface area contributed by atoms with E-state index in [0.29, 0.717) is 13.0 Å². The number of hydrogen-bond donors (Lipinski definition) is 1. The first kappa shape index (κ1) is 13.5. The minimum atomic E-state index is -0.842. The number of carbonyl (C=O) groups excluding carboxylic acids is 2. The van der Waals surface area contributed by atoms with Gasteiger partial charge >= 0.3 is 0 Å². The highest BCUT2D eigenvalue weighted by Crippen LogP contribution is 2.21. The van der Waals surface area contributed by atoms with E-state index < -0.39 is 11.6 Å². The molecule has 0 aliphatic carbocycles. The van der Waals surface area contributed by atoms with E-state index in [2.05, 4.69) is 10.3 Å². The molecule has 1 aromatic rings. The Morgan fingerprint density at radius 1 is 1.42 bits per heavy atom. The highest BCUT2D eigenvalue weighted by Gasteiger charge is 2.44. The van der Waals surface area contributed by atoms with Crippen LogP contribution in [-0.4, -0.2) is 33.3 Å². The lowest BCUT2D eigenvalue weighted by atomic mass is 9.95. The number of rotatable bonds is 3. The molecule has 1 unspecified atom stereocenters. The molecule has 1 aliphatic rings. The van der Waals surface area contributed by atoms with Gasteiger partial charge in [0.15, 0.2) is 0 Å². The first-order valence-corrected chi connectivity index (χ1v) is 6.47. The highest BCUT2D eigenvalue weighted by molar-refractivity contribution is 5.99. The van der Waals surface area contributed by atoms with Crippen LogP contribution in [-0.2, 0) is 16.1 Å². The second-order valence-corrected chi connectivity index (χ2v) is 5.33. The van der Waals surface area contributed by atoms with Crippen molar-refractivity contribution in [3.8, 4) is 0 Å². The number of piperazine rings is 1. The summed E-state index contributed by atoms with van der Waals surface area (Å²) in [5, 5.41) is 2.78. The van der Waals surface area contributed by atoms with Crippen LogP contribution in [0.25, 0.3) is 0 Å². The second-order valence-electron chi connectivity index (χ2n) is 5.33. The predicted molar refractivity (Wildman–Crippen MR) is 71.1 cm³/mol. The summed E-state index contributed by atoms with van der Waals surface area (Å²) in [4.78, 5) is 30.2. The maximum absolute atomic E-state index is 12.5. The molecule has 0 spiro atoms. The van der Waals surface area contributed by atoms with E-state index in [0.717, 1.165) is 5.56 Å². The molecule has 0 aromatic carbocycles. The molecule has 5 nitrogen and oxygen atoms in total. The summed E-state index contributed by atoms with van der Waals surface area (Å²) in [5.41, 5.74) is 0.0881. The van der Waals surface area contributed by atoms with Gasteiger partial charge in [-0.1, -0.05) is 13.0 Å². The van der Waals surface area contributed by atoms with Crippen LogP contribution in [0.4, 0.5) is 0 Å². The van der Waals surface area contributed by atoms with Crippen LogP contribution in [0.3, 0.4) is 0 Å². The Bertz CT molecular complexity index is 485. The summed E-state index contributed by atoms with van der Waals surface area (Å²) >= 11 is 0. The Hall–Kier alpha value is -1.91. The van der Waals surface area contributed by atoms with Crippen molar-refractivity contribution in [2.24, 2.45) is 0 Å². The molecule has 2 amide bonds. The molecule has 0 saturated carbocycles. The number of nitrogens with one attached hydrogen (secondary N) is 1. The molecule has 1 fully saturated rings. The van der Waals surface area contributed by atoms with Crippen LogP contribution in [0.1, 0.15) is 32.8 Å². The van der Waals surface area contributed by atoms with Gasteiger partial charge in [0.25, 0.3) is 0 Å². The average Bonchev–Trinajstić information content (AvgIpc) is 2.37. The second kappa shape index (κ2) is 4.99. The van der Waals surface area contributed by atoms with E-state index in [-0.39, 0.29) is 11.8 Å².